The van der Waals surface area contributed by atoms with Gasteiger partial charge in [-0.05, 0) is 43.7 Å². The molecule has 0 radical (unpaired) electrons. The van der Waals surface area contributed by atoms with Crippen LogP contribution in [0.1, 0.15) is 40.5 Å². The second-order valence-corrected chi connectivity index (χ2v) is 6.43. The normalized spacial score (nSPS) is 13.3. The van der Waals surface area contributed by atoms with Crippen LogP contribution < -0.4 is 10.2 Å². The fraction of sp³-hybridized carbons (Fsp3) is 0.238. The second-order valence-electron chi connectivity index (χ2n) is 6.43. The fourth-order valence-electron chi connectivity index (χ4n) is 3.02. The van der Waals surface area contributed by atoms with Crippen molar-refractivity contribution in [2.24, 2.45) is 0 Å². The Labute approximate surface area is 162 Å². The number of para-hydroxylation sites is 1. The average Bonchev–Trinajstić information content (AvgIpc) is 3.12. The van der Waals surface area contributed by atoms with E-state index in [-0.39, 0.29) is 17.3 Å². The number of hydrogen-bond donors (Lipinski definition) is 1. The highest BCUT2D eigenvalue weighted by atomic mass is 16.5. The molecule has 1 saturated heterocycles. The Morgan fingerprint density at radius 2 is 1.89 bits per heavy atom. The van der Waals surface area contributed by atoms with E-state index in [4.69, 9.17) is 4.74 Å². The maximum absolute atomic E-state index is 12.3. The number of nitrogens with zero attached hydrogens (tertiary/aromatic N) is 1. The molecule has 28 heavy (non-hydrogen) atoms. The highest BCUT2D eigenvalue weighted by Gasteiger charge is 2.22. The minimum atomic E-state index is -0.663. The van der Waals surface area contributed by atoms with E-state index in [0.29, 0.717) is 29.9 Å². The van der Waals surface area contributed by atoms with Crippen LogP contribution in [0.2, 0.25) is 0 Å². The third-order valence-corrected chi connectivity index (χ3v) is 4.38. The number of amides is 2. The van der Waals surface area contributed by atoms with E-state index in [1.54, 1.807) is 53.4 Å². The summed E-state index contributed by atoms with van der Waals surface area (Å²) >= 11 is 0. The molecule has 3 rings (SSSR count). The van der Waals surface area contributed by atoms with Crippen LogP contribution in [0.15, 0.2) is 48.5 Å². The average molecular weight is 380 g/mol. The zero-order valence-electron chi connectivity index (χ0n) is 15.4. The Morgan fingerprint density at radius 1 is 1.11 bits per heavy atom. The molecular weight excluding hydrogens is 360 g/mol. The van der Waals surface area contributed by atoms with Gasteiger partial charge >= 0.3 is 5.97 Å². The number of carbonyl (C=O) groups excluding carboxylic acids is 4. The molecule has 2 amide bonds. The SMILES string of the molecule is CC(=O)c1ccccc1NC(=O)COC(=O)c1cccc(N2CCCC2=O)c1. The lowest BCUT2D eigenvalue weighted by Gasteiger charge is -2.16. The van der Waals surface area contributed by atoms with E-state index in [1.165, 1.54) is 6.92 Å². The standard InChI is InChI=1S/C21H20N2O5/c1-14(24)17-8-2-3-9-18(17)22-19(25)13-28-21(27)15-6-4-7-16(12-15)23-11-5-10-20(23)26/h2-4,6-9,12H,5,10-11,13H2,1H3,(H,22,25). The van der Waals surface area contributed by atoms with Crippen molar-refractivity contribution in [2.75, 3.05) is 23.4 Å². The van der Waals surface area contributed by atoms with Gasteiger partial charge in [-0.3, -0.25) is 14.4 Å². The molecule has 2 aromatic carbocycles. The topological polar surface area (TPSA) is 92.8 Å². The van der Waals surface area contributed by atoms with Gasteiger partial charge in [0.2, 0.25) is 5.91 Å². The Bertz CT molecular complexity index is 938. The number of Topliss-reactive ketones (excluding diaryl/α,β-unsaturated/α-hetero) is 1. The molecule has 0 atom stereocenters. The summed E-state index contributed by atoms with van der Waals surface area (Å²) in [6.07, 6.45) is 1.28. The van der Waals surface area contributed by atoms with Crippen molar-refractivity contribution in [3.63, 3.8) is 0 Å². The highest BCUT2D eigenvalue weighted by molar-refractivity contribution is 6.04. The van der Waals surface area contributed by atoms with Gasteiger partial charge in [0.25, 0.3) is 5.91 Å². The first kappa shape index (κ1) is 19.3. The van der Waals surface area contributed by atoms with Gasteiger partial charge in [-0.25, -0.2) is 4.79 Å². The van der Waals surface area contributed by atoms with Crippen molar-refractivity contribution >= 4 is 34.9 Å². The lowest BCUT2D eigenvalue weighted by atomic mass is 10.1. The van der Waals surface area contributed by atoms with Gasteiger partial charge in [0.15, 0.2) is 12.4 Å². The van der Waals surface area contributed by atoms with E-state index in [0.717, 1.165) is 6.42 Å². The van der Waals surface area contributed by atoms with Crippen LogP contribution in [-0.2, 0) is 14.3 Å². The smallest absolute Gasteiger partial charge is 0.338 e. The predicted molar refractivity (Wildman–Crippen MR) is 103 cm³/mol. The lowest BCUT2D eigenvalue weighted by molar-refractivity contribution is -0.119. The number of anilines is 2. The maximum Gasteiger partial charge on any atom is 0.338 e. The number of rotatable bonds is 6. The first-order valence-electron chi connectivity index (χ1n) is 8.93. The Morgan fingerprint density at radius 3 is 2.61 bits per heavy atom. The van der Waals surface area contributed by atoms with Crippen molar-refractivity contribution in [1.29, 1.82) is 0 Å². The molecule has 144 valence electrons. The number of ether oxygens (including phenoxy) is 1. The first-order valence-corrected chi connectivity index (χ1v) is 8.93. The molecule has 1 fully saturated rings. The molecular formula is C21H20N2O5. The van der Waals surface area contributed by atoms with Crippen LogP contribution in [-0.4, -0.2) is 36.7 Å². The van der Waals surface area contributed by atoms with E-state index >= 15 is 0 Å². The Balaban J connectivity index is 1.61. The Kier molecular flexibility index (Phi) is 5.84. The van der Waals surface area contributed by atoms with Crippen molar-refractivity contribution < 1.29 is 23.9 Å². The van der Waals surface area contributed by atoms with Crippen LogP contribution >= 0.6 is 0 Å². The number of carbonyl (C=O) groups is 4. The molecule has 0 saturated carbocycles. The van der Waals surface area contributed by atoms with Gasteiger partial charge in [0, 0.05) is 24.2 Å². The van der Waals surface area contributed by atoms with Gasteiger partial charge in [0.1, 0.15) is 0 Å². The van der Waals surface area contributed by atoms with Crippen molar-refractivity contribution in [2.45, 2.75) is 19.8 Å². The number of ketones is 1. The van der Waals surface area contributed by atoms with Gasteiger partial charge in [0.05, 0.1) is 11.3 Å². The summed E-state index contributed by atoms with van der Waals surface area (Å²) in [6, 6.07) is 13.2. The third kappa shape index (κ3) is 4.43. The molecule has 7 nitrogen and oxygen atoms in total. The van der Waals surface area contributed by atoms with Crippen molar-refractivity contribution in [1.82, 2.24) is 0 Å². The molecule has 0 unspecified atom stereocenters. The quantitative estimate of drug-likeness (QED) is 0.614. The van der Waals surface area contributed by atoms with Gasteiger partial charge in [-0.15, -0.1) is 0 Å². The van der Waals surface area contributed by atoms with Crippen LogP contribution in [0.3, 0.4) is 0 Å². The molecule has 1 heterocycles. The summed E-state index contributed by atoms with van der Waals surface area (Å²) in [5, 5.41) is 2.57. The molecule has 0 aromatic heterocycles. The van der Waals surface area contributed by atoms with Gasteiger partial charge < -0.3 is 15.0 Å². The van der Waals surface area contributed by atoms with Crippen LogP contribution in [0.5, 0.6) is 0 Å². The number of nitrogens with one attached hydrogen (secondary N) is 1. The maximum atomic E-state index is 12.3. The first-order chi connectivity index (χ1) is 13.5. The summed E-state index contributed by atoms with van der Waals surface area (Å²) in [5.41, 5.74) is 1.64. The molecule has 0 spiro atoms. The summed E-state index contributed by atoms with van der Waals surface area (Å²) in [7, 11) is 0. The zero-order chi connectivity index (χ0) is 20.1. The van der Waals surface area contributed by atoms with E-state index in [1.807, 2.05) is 0 Å². The lowest BCUT2D eigenvalue weighted by Crippen LogP contribution is -2.24. The van der Waals surface area contributed by atoms with Crippen molar-refractivity contribution in [3.05, 3.63) is 59.7 Å². The van der Waals surface area contributed by atoms with Crippen LogP contribution in [0, 0.1) is 0 Å². The number of benzene rings is 2. The minimum absolute atomic E-state index is 0.0223. The summed E-state index contributed by atoms with van der Waals surface area (Å²) < 4.78 is 5.07. The molecule has 1 aliphatic heterocycles. The van der Waals surface area contributed by atoms with E-state index in [9.17, 15) is 19.2 Å². The van der Waals surface area contributed by atoms with Gasteiger partial charge in [-0.1, -0.05) is 18.2 Å². The summed E-state index contributed by atoms with van der Waals surface area (Å²) in [4.78, 5) is 49.4. The van der Waals surface area contributed by atoms with E-state index < -0.39 is 18.5 Å². The highest BCUT2D eigenvalue weighted by Crippen LogP contribution is 2.22. The van der Waals surface area contributed by atoms with Gasteiger partial charge in [-0.2, -0.15) is 0 Å². The molecule has 1 aliphatic rings. The van der Waals surface area contributed by atoms with Crippen LogP contribution in [0.25, 0.3) is 0 Å². The third-order valence-electron chi connectivity index (χ3n) is 4.38. The summed E-state index contributed by atoms with van der Waals surface area (Å²) in [6.45, 7) is 1.54. The zero-order valence-corrected chi connectivity index (χ0v) is 15.4. The largest absolute Gasteiger partial charge is 0.452 e. The minimum Gasteiger partial charge on any atom is -0.452 e. The second kappa shape index (κ2) is 8.47. The molecule has 0 aliphatic carbocycles. The van der Waals surface area contributed by atoms with E-state index in [2.05, 4.69) is 5.32 Å². The monoisotopic (exact) mass is 380 g/mol. The van der Waals surface area contributed by atoms with Crippen molar-refractivity contribution in [3.8, 4) is 0 Å². The molecule has 1 N–H and O–H groups in total. The summed E-state index contributed by atoms with van der Waals surface area (Å²) in [5.74, 6) is -1.37. The molecule has 7 heteroatoms. The number of esters is 1. The Hall–Kier alpha value is -3.48. The molecule has 0 bridgehead atoms. The van der Waals surface area contributed by atoms with Crippen LogP contribution in [0.4, 0.5) is 11.4 Å². The fourth-order valence-corrected chi connectivity index (χ4v) is 3.02. The number of hydrogen-bond acceptors (Lipinski definition) is 5. The molecule has 2 aromatic rings. The predicted octanol–water partition coefficient (Wildman–Crippen LogP) is 2.81.